The summed E-state index contributed by atoms with van der Waals surface area (Å²) < 4.78 is 4.96. The summed E-state index contributed by atoms with van der Waals surface area (Å²) in [7, 11) is 0. The van der Waals surface area contributed by atoms with Gasteiger partial charge in [-0.3, -0.25) is 0 Å². The van der Waals surface area contributed by atoms with Gasteiger partial charge in [-0.15, -0.1) is 11.3 Å². The predicted molar refractivity (Wildman–Crippen MR) is 262 cm³/mol. The van der Waals surface area contributed by atoms with Gasteiger partial charge in [0.15, 0.2) is 0 Å². The Morgan fingerprint density at radius 3 is 1.54 bits per heavy atom. The standard InChI is InChI=1S/C58H38N2S/c1-2-13-42-37-46(27-26-39(42)12-1)44-15-9-14-43(36-44)40-28-32-47(33-29-40)59(56-24-11-21-53-52-20-5-8-25-57(52)61-58(53)56)48-34-30-41(31-35-48)45-16-10-17-49(38-45)60-54-22-6-3-18-50(54)51-19-4-7-23-55(51)60/h1-38H. The molecule has 2 aromatic heterocycles. The summed E-state index contributed by atoms with van der Waals surface area (Å²) in [5, 5.41) is 7.62. The van der Waals surface area contributed by atoms with Gasteiger partial charge in [-0.25, -0.2) is 0 Å². The molecule has 0 aliphatic carbocycles. The Kier molecular flexibility index (Phi) is 8.39. The van der Waals surface area contributed by atoms with Crippen LogP contribution < -0.4 is 4.90 Å². The lowest BCUT2D eigenvalue weighted by Crippen LogP contribution is -2.10. The normalized spacial score (nSPS) is 11.6. The third kappa shape index (κ3) is 6.09. The minimum absolute atomic E-state index is 1.11. The summed E-state index contributed by atoms with van der Waals surface area (Å²) in [5.41, 5.74) is 14.1. The molecule has 0 fully saturated rings. The molecule has 0 amide bonds. The van der Waals surface area contributed by atoms with E-state index in [2.05, 4.69) is 240 Å². The lowest BCUT2D eigenvalue weighted by atomic mass is 9.97. The van der Waals surface area contributed by atoms with Crippen LogP contribution >= 0.6 is 11.3 Å². The lowest BCUT2D eigenvalue weighted by Gasteiger charge is -2.26. The number of benzene rings is 10. The van der Waals surface area contributed by atoms with E-state index >= 15 is 0 Å². The number of nitrogens with zero attached hydrogens (tertiary/aromatic N) is 2. The first-order valence-corrected chi connectivity index (χ1v) is 21.6. The maximum Gasteiger partial charge on any atom is 0.0640 e. The second-order valence-corrected chi connectivity index (χ2v) is 16.8. The van der Waals surface area contributed by atoms with E-state index in [-0.39, 0.29) is 0 Å². The molecule has 0 unspecified atom stereocenters. The monoisotopic (exact) mass is 794 g/mol. The van der Waals surface area contributed by atoms with Gasteiger partial charge in [0.2, 0.25) is 0 Å². The Bertz CT molecular complexity index is 3540. The first-order chi connectivity index (χ1) is 30.2. The third-order valence-corrected chi connectivity index (χ3v) is 13.4. The van der Waals surface area contributed by atoms with Crippen molar-refractivity contribution in [1.29, 1.82) is 0 Å². The molecule has 0 radical (unpaired) electrons. The van der Waals surface area contributed by atoms with Crippen molar-refractivity contribution in [3.63, 3.8) is 0 Å². The summed E-state index contributed by atoms with van der Waals surface area (Å²) in [5.74, 6) is 0. The van der Waals surface area contributed by atoms with Gasteiger partial charge in [-0.2, -0.15) is 0 Å². The van der Waals surface area contributed by atoms with Crippen molar-refractivity contribution in [1.82, 2.24) is 4.57 Å². The molecule has 10 aromatic carbocycles. The number of hydrogen-bond donors (Lipinski definition) is 0. The summed E-state index contributed by atoms with van der Waals surface area (Å²) >= 11 is 1.86. The van der Waals surface area contributed by atoms with Crippen molar-refractivity contribution in [3.8, 4) is 39.1 Å². The second-order valence-electron chi connectivity index (χ2n) is 15.7. The van der Waals surface area contributed by atoms with Crippen molar-refractivity contribution in [2.75, 3.05) is 4.90 Å². The molecule has 0 saturated carbocycles. The van der Waals surface area contributed by atoms with Crippen LogP contribution in [0.2, 0.25) is 0 Å². The van der Waals surface area contributed by atoms with Gasteiger partial charge in [0.05, 0.1) is 21.4 Å². The number of anilines is 3. The molecule has 3 heteroatoms. The van der Waals surface area contributed by atoms with Gasteiger partial charge < -0.3 is 9.47 Å². The van der Waals surface area contributed by atoms with Crippen LogP contribution in [0.15, 0.2) is 231 Å². The van der Waals surface area contributed by atoms with Crippen LogP contribution in [-0.2, 0) is 0 Å². The molecule has 0 atom stereocenters. The van der Waals surface area contributed by atoms with E-state index in [1.165, 1.54) is 91.8 Å². The zero-order valence-corrected chi connectivity index (χ0v) is 34.1. The van der Waals surface area contributed by atoms with Crippen LogP contribution in [0.1, 0.15) is 0 Å². The molecule has 2 heterocycles. The first kappa shape index (κ1) is 35.2. The van der Waals surface area contributed by atoms with E-state index in [0.717, 1.165) is 17.1 Å². The zero-order chi connectivity index (χ0) is 40.3. The zero-order valence-electron chi connectivity index (χ0n) is 33.2. The minimum atomic E-state index is 1.11. The third-order valence-electron chi connectivity index (χ3n) is 12.2. The van der Waals surface area contributed by atoms with E-state index < -0.39 is 0 Å². The van der Waals surface area contributed by atoms with E-state index in [0.29, 0.717) is 0 Å². The molecular weight excluding hydrogens is 757 g/mol. The molecule has 0 bridgehead atoms. The van der Waals surface area contributed by atoms with Crippen molar-refractivity contribution in [2.45, 2.75) is 0 Å². The van der Waals surface area contributed by atoms with Gasteiger partial charge >= 0.3 is 0 Å². The van der Waals surface area contributed by atoms with Crippen LogP contribution in [0, 0.1) is 0 Å². The number of rotatable bonds is 7. The summed E-state index contributed by atoms with van der Waals surface area (Å²) in [6, 6.07) is 84.1. The quantitative estimate of drug-likeness (QED) is 0.156. The highest BCUT2D eigenvalue weighted by Crippen LogP contribution is 2.45. The average Bonchev–Trinajstić information content (AvgIpc) is 3.89. The Hall–Kier alpha value is -7.72. The van der Waals surface area contributed by atoms with Crippen molar-refractivity contribution in [2.24, 2.45) is 0 Å². The predicted octanol–water partition coefficient (Wildman–Crippen LogP) is 16.8. The SMILES string of the molecule is c1cc(-c2ccc(N(c3ccc(-c4cccc(-n5c6ccccc6c6ccccc65)c4)cc3)c3cccc4c3sc3ccccc34)cc2)cc(-c2ccc3ccccc3c2)c1. The smallest absolute Gasteiger partial charge is 0.0640 e. The molecule has 2 nitrogen and oxygen atoms in total. The first-order valence-electron chi connectivity index (χ1n) is 20.8. The molecule has 286 valence electrons. The second kappa shape index (κ2) is 14.5. The number of aromatic nitrogens is 1. The van der Waals surface area contributed by atoms with Crippen LogP contribution in [-0.4, -0.2) is 4.57 Å². The fourth-order valence-corrected chi connectivity index (χ4v) is 10.4. The van der Waals surface area contributed by atoms with E-state index in [1.54, 1.807) is 0 Å². The van der Waals surface area contributed by atoms with E-state index in [4.69, 9.17) is 0 Å². The van der Waals surface area contributed by atoms with Crippen LogP contribution in [0.25, 0.3) is 91.8 Å². The molecule has 0 aliphatic heterocycles. The number of fused-ring (bicyclic) bond motifs is 7. The van der Waals surface area contributed by atoms with Crippen LogP contribution in [0.5, 0.6) is 0 Å². The fourth-order valence-electron chi connectivity index (χ4n) is 9.21. The molecule has 12 aromatic rings. The van der Waals surface area contributed by atoms with Crippen molar-refractivity contribution < 1.29 is 0 Å². The number of thiophene rings is 1. The van der Waals surface area contributed by atoms with Gasteiger partial charge in [0.1, 0.15) is 0 Å². The molecule has 0 aliphatic rings. The Balaban J connectivity index is 0.934. The molecule has 0 spiro atoms. The topological polar surface area (TPSA) is 8.17 Å². The van der Waals surface area contributed by atoms with Gasteiger partial charge in [-0.1, -0.05) is 158 Å². The van der Waals surface area contributed by atoms with Gasteiger partial charge in [0.25, 0.3) is 0 Å². The molecular formula is C58H38N2S. The Morgan fingerprint density at radius 1 is 0.328 bits per heavy atom. The Labute approximate surface area is 358 Å². The van der Waals surface area contributed by atoms with Crippen LogP contribution in [0.3, 0.4) is 0 Å². The average molecular weight is 795 g/mol. The summed E-state index contributed by atoms with van der Waals surface area (Å²) in [4.78, 5) is 2.42. The highest BCUT2D eigenvalue weighted by molar-refractivity contribution is 7.26. The van der Waals surface area contributed by atoms with Crippen molar-refractivity contribution in [3.05, 3.63) is 231 Å². The highest BCUT2D eigenvalue weighted by atomic mass is 32.1. The maximum absolute atomic E-state index is 2.42. The van der Waals surface area contributed by atoms with Crippen molar-refractivity contribution >= 4 is 81.1 Å². The van der Waals surface area contributed by atoms with Crippen LogP contribution in [0.4, 0.5) is 17.1 Å². The molecule has 0 saturated heterocycles. The van der Waals surface area contributed by atoms with Gasteiger partial charge in [-0.05, 0) is 117 Å². The van der Waals surface area contributed by atoms with E-state index in [1.807, 2.05) is 11.3 Å². The number of para-hydroxylation sites is 2. The summed E-state index contributed by atoms with van der Waals surface area (Å²) in [6.45, 7) is 0. The van der Waals surface area contributed by atoms with Gasteiger partial charge in [0, 0.05) is 43.3 Å². The molecule has 61 heavy (non-hydrogen) atoms. The molecule has 0 N–H and O–H groups in total. The highest BCUT2D eigenvalue weighted by Gasteiger charge is 2.19. The lowest BCUT2D eigenvalue weighted by molar-refractivity contribution is 1.18. The minimum Gasteiger partial charge on any atom is -0.309 e. The van der Waals surface area contributed by atoms with E-state index in [9.17, 15) is 0 Å². The maximum atomic E-state index is 2.42. The fraction of sp³-hybridized carbons (Fsp3) is 0. The summed E-state index contributed by atoms with van der Waals surface area (Å²) in [6.07, 6.45) is 0. The molecule has 12 rings (SSSR count). The Morgan fingerprint density at radius 2 is 0.836 bits per heavy atom. The number of hydrogen-bond acceptors (Lipinski definition) is 2. The largest absolute Gasteiger partial charge is 0.309 e.